The lowest BCUT2D eigenvalue weighted by Gasteiger charge is -2.10. The molecule has 3 heterocycles. The third kappa shape index (κ3) is 6.08. The van der Waals surface area contributed by atoms with Gasteiger partial charge in [-0.3, -0.25) is 0 Å². The van der Waals surface area contributed by atoms with Gasteiger partial charge in [-0.05, 0) is 118 Å². The summed E-state index contributed by atoms with van der Waals surface area (Å²) < 4.78 is 4.73. The van der Waals surface area contributed by atoms with Crippen LogP contribution in [0.1, 0.15) is 0 Å². The highest BCUT2D eigenvalue weighted by Crippen LogP contribution is 2.39. The molecule has 0 fully saturated rings. The molecule has 0 atom stereocenters. The molecule has 0 unspecified atom stereocenters. The van der Waals surface area contributed by atoms with Crippen LogP contribution < -0.4 is 0 Å². The Bertz CT molecular complexity index is 3580. The maximum Gasteiger partial charge on any atom is 0.159 e. The maximum absolute atomic E-state index is 4.84. The zero-order chi connectivity index (χ0) is 41.0. The van der Waals surface area contributed by atoms with Crippen LogP contribution in [-0.2, 0) is 0 Å². The average Bonchev–Trinajstić information content (AvgIpc) is 3.87. The first-order valence-electron chi connectivity index (χ1n) is 21.0. The molecule has 0 spiro atoms. The molecule has 4 nitrogen and oxygen atoms in total. The Morgan fingerprint density at radius 1 is 0.242 bits per heavy atom. The standard InChI is InChI=1S/C58H38N4/c1-3-12-39(13-4-1)40-22-24-41(25-23-40)43-14-11-15-44(34-43)47-37-59-58(60-38-47)42-26-30-49(31-27-42)62-55-21-10-8-19-51(55)53-36-46(29-33-57(53)62)45-28-32-56-52(35-45)50-18-7-9-20-54(50)61(56)48-16-5-2-6-17-48/h1-38H. The average molecular weight is 791 g/mol. The first-order valence-corrected chi connectivity index (χ1v) is 21.0. The Hall–Kier alpha value is -8.34. The molecular weight excluding hydrogens is 753 g/mol. The van der Waals surface area contributed by atoms with Crippen molar-refractivity contribution in [3.05, 3.63) is 231 Å². The van der Waals surface area contributed by atoms with Crippen LogP contribution in [0.2, 0.25) is 0 Å². The fourth-order valence-corrected chi connectivity index (χ4v) is 9.19. The molecule has 3 aromatic heterocycles. The van der Waals surface area contributed by atoms with Gasteiger partial charge in [0.05, 0.1) is 22.1 Å². The van der Waals surface area contributed by atoms with Crippen LogP contribution in [0.4, 0.5) is 0 Å². The van der Waals surface area contributed by atoms with Gasteiger partial charge in [0, 0.05) is 56.4 Å². The number of hydrogen-bond acceptors (Lipinski definition) is 2. The van der Waals surface area contributed by atoms with Gasteiger partial charge >= 0.3 is 0 Å². The van der Waals surface area contributed by atoms with Gasteiger partial charge in [0.25, 0.3) is 0 Å². The summed E-state index contributed by atoms with van der Waals surface area (Å²) in [6.45, 7) is 0. The normalized spacial score (nSPS) is 11.5. The second kappa shape index (κ2) is 14.7. The quantitative estimate of drug-likeness (QED) is 0.161. The van der Waals surface area contributed by atoms with Crippen molar-refractivity contribution in [2.24, 2.45) is 0 Å². The Morgan fingerprint density at radius 3 is 1.21 bits per heavy atom. The Labute approximate surface area is 359 Å². The van der Waals surface area contributed by atoms with Crippen molar-refractivity contribution in [1.29, 1.82) is 0 Å². The summed E-state index contributed by atoms with van der Waals surface area (Å²) in [5.74, 6) is 0.698. The van der Waals surface area contributed by atoms with Crippen LogP contribution >= 0.6 is 0 Å². The minimum absolute atomic E-state index is 0.698. The molecule has 0 aliphatic rings. The SMILES string of the molecule is c1ccc(-c2ccc(-c3cccc(-c4cnc(-c5ccc(-n6c7ccccc7c7cc(-c8ccc9c(c8)c8ccccc8n9-c8ccccc8)ccc76)cc5)nc4)c3)cc2)cc1. The van der Waals surface area contributed by atoms with Crippen molar-refractivity contribution in [3.8, 4) is 67.3 Å². The van der Waals surface area contributed by atoms with Gasteiger partial charge < -0.3 is 9.13 Å². The molecule has 62 heavy (non-hydrogen) atoms. The lowest BCUT2D eigenvalue weighted by atomic mass is 9.98. The van der Waals surface area contributed by atoms with Gasteiger partial charge in [-0.25, -0.2) is 9.97 Å². The summed E-state index contributed by atoms with van der Waals surface area (Å²) in [4.78, 5) is 9.67. The van der Waals surface area contributed by atoms with Crippen LogP contribution in [-0.4, -0.2) is 19.1 Å². The Kier molecular flexibility index (Phi) is 8.46. The highest BCUT2D eigenvalue weighted by Gasteiger charge is 2.16. The second-order valence-electron chi connectivity index (χ2n) is 15.9. The topological polar surface area (TPSA) is 35.6 Å². The third-order valence-corrected chi connectivity index (χ3v) is 12.2. The highest BCUT2D eigenvalue weighted by atomic mass is 15.0. The number of nitrogens with zero attached hydrogens (tertiary/aromatic N) is 4. The smallest absolute Gasteiger partial charge is 0.159 e. The van der Waals surface area contributed by atoms with Crippen LogP contribution in [0.15, 0.2) is 231 Å². The monoisotopic (exact) mass is 790 g/mol. The van der Waals surface area contributed by atoms with E-state index in [1.807, 2.05) is 18.5 Å². The first kappa shape index (κ1) is 35.6. The van der Waals surface area contributed by atoms with Crippen LogP contribution in [0.3, 0.4) is 0 Å². The van der Waals surface area contributed by atoms with Gasteiger partial charge in [-0.15, -0.1) is 0 Å². The number of para-hydroxylation sites is 3. The van der Waals surface area contributed by atoms with Crippen molar-refractivity contribution in [3.63, 3.8) is 0 Å². The summed E-state index contributed by atoms with van der Waals surface area (Å²) in [6, 6.07) is 78.2. The van der Waals surface area contributed by atoms with E-state index in [-0.39, 0.29) is 0 Å². The zero-order valence-corrected chi connectivity index (χ0v) is 33.7. The molecule has 4 heteroatoms. The molecule has 9 aromatic carbocycles. The van der Waals surface area contributed by atoms with Crippen LogP contribution in [0.25, 0.3) is 111 Å². The molecule has 12 aromatic rings. The highest BCUT2D eigenvalue weighted by molar-refractivity contribution is 6.12. The molecule has 0 amide bonds. The van der Waals surface area contributed by atoms with E-state index in [0.29, 0.717) is 5.82 Å². The number of fused-ring (bicyclic) bond motifs is 6. The Balaban J connectivity index is 0.842. The summed E-state index contributed by atoms with van der Waals surface area (Å²) in [5.41, 5.74) is 17.2. The van der Waals surface area contributed by atoms with Gasteiger partial charge in [-0.2, -0.15) is 0 Å². The number of benzene rings is 9. The van der Waals surface area contributed by atoms with Gasteiger partial charge in [0.15, 0.2) is 5.82 Å². The number of aromatic nitrogens is 4. The molecule has 0 saturated heterocycles. The van der Waals surface area contributed by atoms with Crippen molar-refractivity contribution in [1.82, 2.24) is 19.1 Å². The lowest BCUT2D eigenvalue weighted by molar-refractivity contribution is 1.16. The molecule has 290 valence electrons. The molecular formula is C58H38N4. The van der Waals surface area contributed by atoms with Gasteiger partial charge in [0.2, 0.25) is 0 Å². The predicted octanol–water partition coefficient (Wildman–Crippen LogP) is 15.0. The predicted molar refractivity (Wildman–Crippen MR) is 258 cm³/mol. The molecule has 0 radical (unpaired) electrons. The maximum atomic E-state index is 4.84. The van der Waals surface area contributed by atoms with Crippen LogP contribution in [0, 0.1) is 0 Å². The van der Waals surface area contributed by atoms with Gasteiger partial charge in [-0.1, -0.05) is 140 Å². The minimum atomic E-state index is 0.698. The fraction of sp³-hybridized carbons (Fsp3) is 0. The van der Waals surface area contributed by atoms with Crippen molar-refractivity contribution in [2.75, 3.05) is 0 Å². The molecule has 0 saturated carbocycles. The summed E-state index contributed by atoms with van der Waals surface area (Å²) >= 11 is 0. The third-order valence-electron chi connectivity index (χ3n) is 12.2. The molecule has 0 bridgehead atoms. The molecule has 0 aliphatic heterocycles. The molecule has 12 rings (SSSR count). The zero-order valence-electron chi connectivity index (χ0n) is 33.7. The van der Waals surface area contributed by atoms with E-state index in [1.54, 1.807) is 0 Å². The summed E-state index contributed by atoms with van der Waals surface area (Å²) in [5, 5.41) is 4.95. The lowest BCUT2D eigenvalue weighted by Crippen LogP contribution is -1.95. The Morgan fingerprint density at radius 2 is 0.629 bits per heavy atom. The van der Waals surface area contributed by atoms with E-state index in [2.05, 4.69) is 221 Å². The van der Waals surface area contributed by atoms with Crippen LogP contribution in [0.5, 0.6) is 0 Å². The largest absolute Gasteiger partial charge is 0.309 e. The number of hydrogen-bond donors (Lipinski definition) is 0. The number of rotatable bonds is 7. The second-order valence-corrected chi connectivity index (χ2v) is 15.9. The fourth-order valence-electron chi connectivity index (χ4n) is 9.19. The van der Waals surface area contributed by atoms with E-state index in [4.69, 9.17) is 9.97 Å². The first-order chi connectivity index (χ1) is 30.7. The van der Waals surface area contributed by atoms with E-state index >= 15 is 0 Å². The molecule has 0 aliphatic carbocycles. The van der Waals surface area contributed by atoms with Gasteiger partial charge in [0.1, 0.15) is 0 Å². The van der Waals surface area contributed by atoms with E-state index < -0.39 is 0 Å². The van der Waals surface area contributed by atoms with Crippen molar-refractivity contribution < 1.29 is 0 Å². The van der Waals surface area contributed by atoms with Crippen molar-refractivity contribution in [2.45, 2.75) is 0 Å². The van der Waals surface area contributed by atoms with E-state index in [1.165, 1.54) is 77.1 Å². The minimum Gasteiger partial charge on any atom is -0.309 e. The van der Waals surface area contributed by atoms with E-state index in [9.17, 15) is 0 Å². The van der Waals surface area contributed by atoms with E-state index in [0.717, 1.165) is 27.9 Å². The molecule has 0 N–H and O–H groups in total. The summed E-state index contributed by atoms with van der Waals surface area (Å²) in [6.07, 6.45) is 3.86. The van der Waals surface area contributed by atoms with Crippen molar-refractivity contribution >= 4 is 43.6 Å². The summed E-state index contributed by atoms with van der Waals surface area (Å²) in [7, 11) is 0.